The Morgan fingerprint density at radius 3 is 2.00 bits per heavy atom. The highest BCUT2D eigenvalue weighted by atomic mass is 32.2. The molecule has 12 heteroatoms. The van der Waals surface area contributed by atoms with Crippen molar-refractivity contribution >= 4 is 46.9 Å². The molecule has 0 fully saturated rings. The number of rotatable bonds is 13. The van der Waals surface area contributed by atoms with Gasteiger partial charge in [-0.15, -0.1) is 11.8 Å². The lowest BCUT2D eigenvalue weighted by Gasteiger charge is -2.18. The fraction of sp³-hybridized carbons (Fsp3) is 0.125. The Bertz CT molecular complexity index is 2070. The average molecular weight is 718 g/mol. The molecule has 1 aliphatic heterocycles. The number of nitrogens with one attached hydrogen (secondary N) is 3. The van der Waals surface area contributed by atoms with Gasteiger partial charge in [0.05, 0.1) is 21.3 Å². The van der Waals surface area contributed by atoms with E-state index in [0.29, 0.717) is 51.2 Å². The lowest BCUT2D eigenvalue weighted by atomic mass is 10.1. The summed E-state index contributed by atoms with van der Waals surface area (Å²) in [6, 6.07) is 33.7. The molecular formula is C40H35N3O8S. The van der Waals surface area contributed by atoms with Gasteiger partial charge in [0.15, 0.2) is 23.0 Å². The molecule has 0 bridgehead atoms. The molecule has 3 N–H and O–H groups in total. The summed E-state index contributed by atoms with van der Waals surface area (Å²) in [6.07, 6.45) is 1.52. The first-order valence-corrected chi connectivity index (χ1v) is 16.9. The molecule has 3 amide bonds. The Morgan fingerprint density at radius 2 is 1.35 bits per heavy atom. The van der Waals surface area contributed by atoms with Crippen LogP contribution in [0.25, 0.3) is 6.08 Å². The summed E-state index contributed by atoms with van der Waals surface area (Å²) in [5.41, 5.74) is 2.75. The molecule has 0 spiro atoms. The second kappa shape index (κ2) is 16.5. The SMILES string of the molecule is COc1cc(/C=C(\NC(=O)c2ccccc2)C(=O)Nc2ccc(SC(C(=O)Nc3ccc4c(c3)OCO4)c3ccccc3)cc2)cc(OC)c1OC. The number of ether oxygens (including phenoxy) is 5. The topological polar surface area (TPSA) is 133 Å². The molecule has 11 nitrogen and oxygen atoms in total. The van der Waals surface area contributed by atoms with E-state index in [1.807, 2.05) is 42.5 Å². The van der Waals surface area contributed by atoms with Crippen LogP contribution in [0.5, 0.6) is 28.7 Å². The van der Waals surface area contributed by atoms with Crippen molar-refractivity contribution in [2.45, 2.75) is 10.1 Å². The molecule has 0 saturated carbocycles. The van der Waals surface area contributed by atoms with Gasteiger partial charge in [0.25, 0.3) is 11.8 Å². The number of methoxy groups -OCH3 is 3. The monoisotopic (exact) mass is 717 g/mol. The van der Waals surface area contributed by atoms with Crippen LogP contribution in [0.4, 0.5) is 11.4 Å². The van der Waals surface area contributed by atoms with Crippen molar-refractivity contribution in [1.29, 1.82) is 0 Å². The number of amides is 3. The first kappa shape index (κ1) is 35.4. The quantitative estimate of drug-likeness (QED) is 0.0846. The van der Waals surface area contributed by atoms with Crippen LogP contribution in [0.2, 0.25) is 0 Å². The van der Waals surface area contributed by atoms with Gasteiger partial charge in [0.1, 0.15) is 10.9 Å². The molecule has 52 heavy (non-hydrogen) atoms. The summed E-state index contributed by atoms with van der Waals surface area (Å²) in [5, 5.41) is 8.01. The molecule has 0 aliphatic carbocycles. The van der Waals surface area contributed by atoms with Crippen molar-refractivity contribution in [3.05, 3.63) is 138 Å². The van der Waals surface area contributed by atoms with E-state index in [2.05, 4.69) is 16.0 Å². The second-order valence-electron chi connectivity index (χ2n) is 11.3. The van der Waals surface area contributed by atoms with Crippen molar-refractivity contribution in [2.75, 3.05) is 38.8 Å². The Morgan fingerprint density at radius 1 is 0.712 bits per heavy atom. The van der Waals surface area contributed by atoms with E-state index in [1.54, 1.807) is 72.8 Å². The zero-order valence-corrected chi connectivity index (χ0v) is 29.3. The summed E-state index contributed by atoms with van der Waals surface area (Å²) in [6.45, 7) is 0.138. The molecule has 0 radical (unpaired) electrons. The van der Waals surface area contributed by atoms with E-state index in [-0.39, 0.29) is 18.4 Å². The molecule has 5 aromatic carbocycles. The van der Waals surface area contributed by atoms with Gasteiger partial charge in [-0.1, -0.05) is 48.5 Å². The standard InChI is InChI=1S/C40H35N3O8S/c1-47-34-21-25(22-35(48-2)36(34)49-3)20-31(43-38(44)27-12-8-5-9-13-27)39(45)41-28-14-17-30(18-15-28)52-37(26-10-6-4-7-11-26)40(46)42-29-16-19-32-33(23-29)51-24-50-32/h4-23,37H,24H2,1-3H3,(H,41,45)(H,42,46)(H,43,44)/b31-20-. The fourth-order valence-corrected chi connectivity index (χ4v) is 6.35. The van der Waals surface area contributed by atoms with E-state index in [1.165, 1.54) is 39.2 Å². The smallest absolute Gasteiger partial charge is 0.272 e. The maximum Gasteiger partial charge on any atom is 0.272 e. The van der Waals surface area contributed by atoms with Crippen LogP contribution in [-0.2, 0) is 9.59 Å². The Kier molecular flexibility index (Phi) is 11.3. The Labute approximate surface area is 304 Å². The van der Waals surface area contributed by atoms with Gasteiger partial charge in [-0.25, -0.2) is 0 Å². The highest BCUT2D eigenvalue weighted by molar-refractivity contribution is 8.00. The molecule has 5 aromatic rings. The molecule has 0 aromatic heterocycles. The predicted molar refractivity (Wildman–Crippen MR) is 199 cm³/mol. The lowest BCUT2D eigenvalue weighted by Crippen LogP contribution is -2.30. The van der Waals surface area contributed by atoms with Crippen LogP contribution in [-0.4, -0.2) is 45.8 Å². The minimum Gasteiger partial charge on any atom is -0.493 e. The largest absolute Gasteiger partial charge is 0.493 e. The van der Waals surface area contributed by atoms with Gasteiger partial charge >= 0.3 is 0 Å². The maximum atomic E-state index is 13.7. The van der Waals surface area contributed by atoms with Crippen molar-refractivity contribution in [3.8, 4) is 28.7 Å². The third-order valence-electron chi connectivity index (χ3n) is 7.87. The molecule has 0 saturated heterocycles. The van der Waals surface area contributed by atoms with Crippen LogP contribution < -0.4 is 39.6 Å². The van der Waals surface area contributed by atoms with E-state index >= 15 is 0 Å². The normalized spacial score (nSPS) is 12.3. The van der Waals surface area contributed by atoms with Crippen molar-refractivity contribution in [1.82, 2.24) is 5.32 Å². The van der Waals surface area contributed by atoms with E-state index in [4.69, 9.17) is 23.7 Å². The van der Waals surface area contributed by atoms with Gasteiger partial charge in [0.2, 0.25) is 18.4 Å². The van der Waals surface area contributed by atoms with Crippen molar-refractivity contribution in [3.63, 3.8) is 0 Å². The summed E-state index contributed by atoms with van der Waals surface area (Å²) < 4.78 is 27.2. The average Bonchev–Trinajstić information content (AvgIpc) is 3.65. The first-order valence-electron chi connectivity index (χ1n) is 16.1. The number of hydrogen-bond donors (Lipinski definition) is 3. The number of fused-ring (bicyclic) bond motifs is 1. The number of carbonyl (C=O) groups is 3. The van der Waals surface area contributed by atoms with Crippen LogP contribution in [0, 0.1) is 0 Å². The number of thioether (sulfide) groups is 1. The zero-order chi connectivity index (χ0) is 36.5. The third kappa shape index (κ3) is 8.48. The number of carbonyl (C=O) groups excluding carboxylic acids is 3. The minimum atomic E-state index is -0.590. The van der Waals surface area contributed by atoms with E-state index in [0.717, 1.165) is 10.5 Å². The summed E-state index contributed by atoms with van der Waals surface area (Å²) >= 11 is 1.36. The highest BCUT2D eigenvalue weighted by Crippen LogP contribution is 2.40. The molecule has 264 valence electrons. The van der Waals surface area contributed by atoms with Gasteiger partial charge < -0.3 is 39.6 Å². The summed E-state index contributed by atoms with van der Waals surface area (Å²) in [4.78, 5) is 41.4. The molecule has 6 rings (SSSR count). The third-order valence-corrected chi connectivity index (χ3v) is 9.14. The Balaban J connectivity index is 1.22. The van der Waals surface area contributed by atoms with Crippen LogP contribution >= 0.6 is 11.8 Å². The van der Waals surface area contributed by atoms with Crippen LogP contribution in [0.1, 0.15) is 26.7 Å². The second-order valence-corrected chi connectivity index (χ2v) is 12.5. The summed E-state index contributed by atoms with van der Waals surface area (Å²) in [5.74, 6) is 1.10. The molecular weight excluding hydrogens is 683 g/mol. The van der Waals surface area contributed by atoms with Crippen molar-refractivity contribution < 1.29 is 38.1 Å². The fourth-order valence-electron chi connectivity index (χ4n) is 5.33. The van der Waals surface area contributed by atoms with E-state index in [9.17, 15) is 14.4 Å². The molecule has 1 atom stereocenters. The van der Waals surface area contributed by atoms with Crippen LogP contribution in [0.15, 0.2) is 126 Å². The van der Waals surface area contributed by atoms with Gasteiger partial charge in [-0.2, -0.15) is 0 Å². The van der Waals surface area contributed by atoms with Crippen molar-refractivity contribution in [2.24, 2.45) is 0 Å². The Hall–Kier alpha value is -6.40. The van der Waals surface area contributed by atoms with Crippen LogP contribution in [0.3, 0.4) is 0 Å². The summed E-state index contributed by atoms with van der Waals surface area (Å²) in [7, 11) is 4.48. The molecule has 1 aliphatic rings. The maximum absolute atomic E-state index is 13.7. The number of hydrogen-bond acceptors (Lipinski definition) is 9. The minimum absolute atomic E-state index is 0.0223. The number of anilines is 2. The molecule has 1 heterocycles. The predicted octanol–water partition coefficient (Wildman–Crippen LogP) is 7.32. The van der Waals surface area contributed by atoms with Gasteiger partial charge in [0, 0.05) is 27.9 Å². The number of benzene rings is 5. The lowest BCUT2D eigenvalue weighted by molar-refractivity contribution is -0.116. The first-order chi connectivity index (χ1) is 25.3. The molecule has 1 unspecified atom stereocenters. The van der Waals surface area contributed by atoms with Gasteiger partial charge in [-0.3, -0.25) is 14.4 Å². The zero-order valence-electron chi connectivity index (χ0n) is 28.5. The highest BCUT2D eigenvalue weighted by Gasteiger charge is 2.24. The van der Waals surface area contributed by atoms with E-state index < -0.39 is 17.1 Å². The van der Waals surface area contributed by atoms with Gasteiger partial charge in [-0.05, 0) is 77.9 Å².